The van der Waals surface area contributed by atoms with Gasteiger partial charge in [-0.25, -0.2) is 4.39 Å². The lowest BCUT2D eigenvalue weighted by Crippen LogP contribution is -2.40. The van der Waals surface area contributed by atoms with Crippen molar-refractivity contribution in [3.05, 3.63) is 88.5 Å². The van der Waals surface area contributed by atoms with Crippen LogP contribution >= 0.6 is 11.3 Å². The Balaban J connectivity index is 1.48. The summed E-state index contributed by atoms with van der Waals surface area (Å²) in [6, 6.07) is 17.8. The lowest BCUT2D eigenvalue weighted by atomic mass is 9.96. The first-order valence-electron chi connectivity index (χ1n) is 9.51. The van der Waals surface area contributed by atoms with E-state index in [1.54, 1.807) is 23.5 Å². The van der Waals surface area contributed by atoms with Gasteiger partial charge < -0.3 is 15.6 Å². The van der Waals surface area contributed by atoms with E-state index >= 15 is 0 Å². The maximum atomic E-state index is 13.0. The highest BCUT2D eigenvalue weighted by Crippen LogP contribution is 2.32. The number of anilines is 1. The fraction of sp³-hybridized carbons (Fsp3) is 0.174. The normalized spacial score (nSPS) is 13.3. The second-order valence-electron chi connectivity index (χ2n) is 6.98. The number of fused-ring (bicyclic) bond motifs is 1. The Kier molecular flexibility index (Phi) is 5.74. The van der Waals surface area contributed by atoms with E-state index < -0.39 is 6.04 Å². The maximum absolute atomic E-state index is 13.0. The van der Waals surface area contributed by atoms with Crippen LogP contribution in [0.4, 0.5) is 10.1 Å². The van der Waals surface area contributed by atoms with E-state index in [-0.39, 0.29) is 17.6 Å². The zero-order chi connectivity index (χ0) is 20.2. The van der Waals surface area contributed by atoms with E-state index in [0.717, 1.165) is 5.52 Å². The van der Waals surface area contributed by atoms with Crippen molar-refractivity contribution in [2.75, 3.05) is 11.9 Å². The summed E-state index contributed by atoms with van der Waals surface area (Å²) >= 11 is 1.71. The third-order valence-electron chi connectivity index (χ3n) is 5.02. The molecule has 0 saturated carbocycles. The Labute approximate surface area is 172 Å². The Morgan fingerprint density at radius 3 is 2.66 bits per heavy atom. The molecule has 0 bridgehead atoms. The average Bonchev–Trinajstić information content (AvgIpc) is 3.40. The smallest absolute Gasteiger partial charge is 0.241 e. The number of hydrogen-bond donors (Lipinski definition) is 3. The van der Waals surface area contributed by atoms with Gasteiger partial charge in [-0.3, -0.25) is 4.79 Å². The van der Waals surface area contributed by atoms with Crippen LogP contribution in [0.1, 0.15) is 23.3 Å². The number of thiophene rings is 1. The third-order valence-corrected chi connectivity index (χ3v) is 6.00. The van der Waals surface area contributed by atoms with E-state index in [4.69, 9.17) is 0 Å². The fourth-order valence-corrected chi connectivity index (χ4v) is 4.25. The van der Waals surface area contributed by atoms with Gasteiger partial charge >= 0.3 is 0 Å². The van der Waals surface area contributed by atoms with Crippen molar-refractivity contribution < 1.29 is 9.18 Å². The average molecular weight is 408 g/mol. The summed E-state index contributed by atoms with van der Waals surface area (Å²) in [4.78, 5) is 17.1. The molecule has 0 saturated heterocycles. The van der Waals surface area contributed by atoms with Gasteiger partial charge in [0.2, 0.25) is 5.91 Å². The number of amides is 1. The molecule has 6 heteroatoms. The number of carbonyl (C=O) groups excluding carboxylic acids is 1. The van der Waals surface area contributed by atoms with E-state index in [1.807, 2.05) is 25.1 Å². The van der Waals surface area contributed by atoms with Crippen LogP contribution < -0.4 is 10.6 Å². The van der Waals surface area contributed by atoms with E-state index in [9.17, 15) is 9.18 Å². The van der Waals surface area contributed by atoms with Crippen molar-refractivity contribution >= 4 is 33.8 Å². The van der Waals surface area contributed by atoms with Crippen LogP contribution in [-0.4, -0.2) is 23.5 Å². The molecule has 4 rings (SSSR count). The predicted molar refractivity (Wildman–Crippen MR) is 117 cm³/mol. The number of aromatic amines is 1. The highest BCUT2D eigenvalue weighted by Gasteiger charge is 2.21. The molecule has 148 valence electrons. The third kappa shape index (κ3) is 4.39. The van der Waals surface area contributed by atoms with Gasteiger partial charge in [0.25, 0.3) is 0 Å². The number of para-hydroxylation sites is 1. The molecule has 4 aromatic rings. The highest BCUT2D eigenvalue weighted by molar-refractivity contribution is 7.10. The SMILES string of the molecule is C[C@@H](NC[C@H](c1cccs1)c1c[nH]c2ccccc12)C(=O)Nc1ccc(F)cc1. The Morgan fingerprint density at radius 2 is 1.90 bits per heavy atom. The number of carbonyl (C=O) groups is 1. The van der Waals surface area contributed by atoms with Crippen LogP contribution in [-0.2, 0) is 4.79 Å². The molecular weight excluding hydrogens is 385 g/mol. The molecule has 2 aromatic carbocycles. The first-order valence-corrected chi connectivity index (χ1v) is 10.4. The summed E-state index contributed by atoms with van der Waals surface area (Å²) in [5.74, 6) is -0.348. The largest absolute Gasteiger partial charge is 0.361 e. The van der Waals surface area contributed by atoms with Crippen molar-refractivity contribution in [2.45, 2.75) is 18.9 Å². The van der Waals surface area contributed by atoms with Crippen molar-refractivity contribution in [3.63, 3.8) is 0 Å². The Hall–Kier alpha value is -2.96. The van der Waals surface area contributed by atoms with Gasteiger partial charge in [-0.05, 0) is 54.3 Å². The van der Waals surface area contributed by atoms with Gasteiger partial charge in [-0.1, -0.05) is 24.3 Å². The van der Waals surface area contributed by atoms with Gasteiger partial charge in [-0.15, -0.1) is 11.3 Å². The van der Waals surface area contributed by atoms with Crippen molar-refractivity contribution in [1.82, 2.24) is 10.3 Å². The maximum Gasteiger partial charge on any atom is 0.241 e. The minimum Gasteiger partial charge on any atom is -0.361 e. The second-order valence-corrected chi connectivity index (χ2v) is 7.96. The standard InChI is InChI=1S/C23H22FN3OS/c1-15(23(28)27-17-10-8-16(24)9-11-17)25-14-20(22-7-4-12-29-22)19-13-26-21-6-3-2-5-18(19)21/h2-13,15,20,25-26H,14H2,1H3,(H,27,28)/t15-,20+/m1/s1. The van der Waals surface area contributed by atoms with E-state index in [2.05, 4.69) is 45.4 Å². The van der Waals surface area contributed by atoms with E-state index in [1.165, 1.54) is 28.0 Å². The zero-order valence-corrected chi connectivity index (χ0v) is 16.8. The number of hydrogen-bond acceptors (Lipinski definition) is 3. The van der Waals surface area contributed by atoms with Gasteiger partial charge in [0.1, 0.15) is 5.82 Å². The summed E-state index contributed by atoms with van der Waals surface area (Å²) in [5, 5.41) is 9.44. The van der Waals surface area contributed by atoms with Crippen molar-refractivity contribution in [3.8, 4) is 0 Å². The quantitative estimate of drug-likeness (QED) is 0.398. The molecular formula is C23H22FN3OS. The summed E-state index contributed by atoms with van der Waals surface area (Å²) in [6.45, 7) is 2.46. The van der Waals surface area contributed by atoms with Gasteiger partial charge in [0, 0.05) is 40.1 Å². The molecule has 0 aliphatic rings. The van der Waals surface area contributed by atoms with Crippen LogP contribution in [0.15, 0.2) is 72.2 Å². The second kappa shape index (κ2) is 8.59. The molecule has 1 amide bonds. The van der Waals surface area contributed by atoms with Gasteiger partial charge in [0.15, 0.2) is 0 Å². The fourth-order valence-electron chi connectivity index (χ4n) is 3.41. The van der Waals surface area contributed by atoms with Crippen LogP contribution in [0.25, 0.3) is 10.9 Å². The van der Waals surface area contributed by atoms with Gasteiger partial charge in [0.05, 0.1) is 6.04 Å². The molecule has 0 radical (unpaired) electrons. The monoisotopic (exact) mass is 407 g/mol. The highest BCUT2D eigenvalue weighted by atomic mass is 32.1. The lowest BCUT2D eigenvalue weighted by molar-refractivity contribution is -0.117. The van der Waals surface area contributed by atoms with Crippen LogP contribution in [0.5, 0.6) is 0 Å². The molecule has 0 spiro atoms. The van der Waals surface area contributed by atoms with Crippen LogP contribution in [0, 0.1) is 5.82 Å². The molecule has 3 N–H and O–H groups in total. The zero-order valence-electron chi connectivity index (χ0n) is 16.0. The lowest BCUT2D eigenvalue weighted by Gasteiger charge is -2.20. The summed E-state index contributed by atoms with van der Waals surface area (Å²) in [5.41, 5.74) is 2.89. The molecule has 2 atom stereocenters. The molecule has 2 heterocycles. The Bertz CT molecular complexity index is 1090. The number of nitrogens with one attached hydrogen (secondary N) is 3. The summed E-state index contributed by atoms with van der Waals surface area (Å²) < 4.78 is 13.0. The number of rotatable bonds is 7. The van der Waals surface area contributed by atoms with Gasteiger partial charge in [-0.2, -0.15) is 0 Å². The molecule has 0 fully saturated rings. The number of H-pyrrole nitrogens is 1. The van der Waals surface area contributed by atoms with Crippen molar-refractivity contribution in [1.29, 1.82) is 0 Å². The van der Waals surface area contributed by atoms with Crippen molar-refractivity contribution in [2.24, 2.45) is 0 Å². The molecule has 0 unspecified atom stereocenters. The summed E-state index contributed by atoms with van der Waals surface area (Å²) in [7, 11) is 0. The molecule has 4 nitrogen and oxygen atoms in total. The Morgan fingerprint density at radius 1 is 1.10 bits per heavy atom. The number of halogens is 1. The van der Waals surface area contributed by atoms with E-state index in [0.29, 0.717) is 12.2 Å². The number of aromatic nitrogens is 1. The predicted octanol–water partition coefficient (Wildman–Crippen LogP) is 5.12. The summed E-state index contributed by atoms with van der Waals surface area (Å²) in [6.07, 6.45) is 2.06. The minimum absolute atomic E-state index is 0.132. The van der Waals surface area contributed by atoms with Crippen LogP contribution in [0.2, 0.25) is 0 Å². The molecule has 0 aliphatic heterocycles. The molecule has 2 aromatic heterocycles. The minimum atomic E-state index is -0.396. The molecule has 0 aliphatic carbocycles. The van der Waals surface area contributed by atoms with Crippen LogP contribution in [0.3, 0.4) is 0 Å². The first kappa shape index (κ1) is 19.4. The first-order chi connectivity index (χ1) is 14.1. The topological polar surface area (TPSA) is 56.9 Å². The molecule has 29 heavy (non-hydrogen) atoms. The number of benzene rings is 2.